The normalized spacial score (nSPS) is 13.7. The number of hydrogen-bond donors (Lipinski definition) is 6. The molecule has 0 aromatic heterocycles. The maximum Gasteiger partial charge on any atom is 0.267 e. The molecule has 0 aliphatic heterocycles. The molecule has 0 spiro atoms. The highest BCUT2D eigenvalue weighted by atomic mass is 16.5. The Morgan fingerprint density at radius 2 is 1.51 bits per heavy atom. The summed E-state index contributed by atoms with van der Waals surface area (Å²) in [6, 6.07) is 13.1. The van der Waals surface area contributed by atoms with Gasteiger partial charge in [0.2, 0.25) is 5.91 Å². The first kappa shape index (κ1) is 27.4. The standard InChI is InChI=1S/C28H31N5O4/c29-18-25(28(36)33-37)32-27(35)22-14-10-20(11-15-22)6-4-5-7-21-12-16-24(17-13-21)31-26(34)19-30-23-8-2-1-3-9-23/h10-17,23,25,30,37H,1-3,8-9,18-19,29H2,(H,31,34)(H,32,35)(H,33,36)/t25-/m0/s1. The molecule has 1 atom stereocenters. The highest BCUT2D eigenvalue weighted by Crippen LogP contribution is 2.17. The molecule has 0 heterocycles. The number of anilines is 1. The van der Waals surface area contributed by atoms with Crippen LogP contribution in [-0.4, -0.2) is 48.1 Å². The van der Waals surface area contributed by atoms with E-state index in [1.807, 2.05) is 12.1 Å². The lowest BCUT2D eigenvalue weighted by Gasteiger charge is -2.22. The first-order valence-corrected chi connectivity index (χ1v) is 12.2. The van der Waals surface area contributed by atoms with Gasteiger partial charge in [-0.15, -0.1) is 0 Å². The van der Waals surface area contributed by atoms with Gasteiger partial charge in [-0.05, 0) is 73.2 Å². The molecule has 0 saturated heterocycles. The predicted octanol–water partition coefficient (Wildman–Crippen LogP) is 1.51. The summed E-state index contributed by atoms with van der Waals surface area (Å²) < 4.78 is 0. The molecule has 1 aliphatic rings. The number of hydroxylamine groups is 1. The van der Waals surface area contributed by atoms with E-state index in [0.29, 0.717) is 29.4 Å². The smallest absolute Gasteiger partial charge is 0.267 e. The zero-order valence-electron chi connectivity index (χ0n) is 20.5. The first-order chi connectivity index (χ1) is 18.0. The molecule has 37 heavy (non-hydrogen) atoms. The van der Waals surface area contributed by atoms with Crippen LogP contribution in [0.25, 0.3) is 0 Å². The van der Waals surface area contributed by atoms with Crippen LogP contribution < -0.4 is 27.2 Å². The summed E-state index contributed by atoms with van der Waals surface area (Å²) in [4.78, 5) is 35.8. The Morgan fingerprint density at radius 1 is 0.919 bits per heavy atom. The molecule has 1 saturated carbocycles. The molecule has 1 aliphatic carbocycles. The predicted molar refractivity (Wildman–Crippen MR) is 140 cm³/mol. The largest absolute Gasteiger partial charge is 0.339 e. The first-order valence-electron chi connectivity index (χ1n) is 12.2. The fourth-order valence-corrected chi connectivity index (χ4v) is 3.85. The van der Waals surface area contributed by atoms with Crippen molar-refractivity contribution in [2.24, 2.45) is 5.73 Å². The van der Waals surface area contributed by atoms with E-state index in [2.05, 4.69) is 39.6 Å². The maximum atomic E-state index is 12.2. The minimum atomic E-state index is -1.04. The molecule has 0 unspecified atom stereocenters. The minimum absolute atomic E-state index is 0.0615. The van der Waals surface area contributed by atoms with Gasteiger partial charge in [0, 0.05) is 35.0 Å². The second-order valence-electron chi connectivity index (χ2n) is 8.66. The number of nitrogens with one attached hydrogen (secondary N) is 4. The molecule has 2 aromatic carbocycles. The van der Waals surface area contributed by atoms with Gasteiger partial charge in [0.15, 0.2) is 0 Å². The van der Waals surface area contributed by atoms with Gasteiger partial charge in [0.1, 0.15) is 6.04 Å². The third-order valence-corrected chi connectivity index (χ3v) is 5.92. The number of hydrogen-bond acceptors (Lipinski definition) is 6. The Morgan fingerprint density at radius 3 is 2.08 bits per heavy atom. The van der Waals surface area contributed by atoms with Crippen molar-refractivity contribution in [1.29, 1.82) is 0 Å². The molecular formula is C28H31N5O4. The molecule has 7 N–H and O–H groups in total. The molecule has 3 rings (SSSR count). The monoisotopic (exact) mass is 501 g/mol. The van der Waals surface area contributed by atoms with Gasteiger partial charge in [-0.1, -0.05) is 31.1 Å². The van der Waals surface area contributed by atoms with E-state index in [9.17, 15) is 14.4 Å². The van der Waals surface area contributed by atoms with Crippen LogP contribution in [0.1, 0.15) is 53.6 Å². The molecule has 192 valence electrons. The fraction of sp³-hybridized carbons (Fsp3) is 0.321. The summed E-state index contributed by atoms with van der Waals surface area (Å²) in [6.07, 6.45) is 6.00. The number of nitrogens with two attached hydrogens (primary N) is 1. The van der Waals surface area contributed by atoms with Crippen LogP contribution in [0, 0.1) is 23.7 Å². The van der Waals surface area contributed by atoms with Gasteiger partial charge < -0.3 is 21.7 Å². The van der Waals surface area contributed by atoms with Crippen LogP contribution in [-0.2, 0) is 9.59 Å². The number of amides is 3. The summed E-state index contributed by atoms with van der Waals surface area (Å²) in [5.74, 6) is 10.1. The fourth-order valence-electron chi connectivity index (χ4n) is 3.85. The van der Waals surface area contributed by atoms with E-state index in [-0.39, 0.29) is 12.5 Å². The number of carbonyl (C=O) groups is 3. The van der Waals surface area contributed by atoms with Crippen LogP contribution >= 0.6 is 0 Å². The lowest BCUT2D eigenvalue weighted by Crippen LogP contribution is -2.50. The maximum absolute atomic E-state index is 12.2. The molecule has 9 heteroatoms. The number of benzene rings is 2. The van der Waals surface area contributed by atoms with Crippen LogP contribution in [0.5, 0.6) is 0 Å². The summed E-state index contributed by atoms with van der Waals surface area (Å²) in [5.41, 5.74) is 9.36. The molecular weight excluding hydrogens is 470 g/mol. The molecule has 1 fully saturated rings. The van der Waals surface area contributed by atoms with Crippen molar-refractivity contribution in [3.63, 3.8) is 0 Å². The molecule has 2 aromatic rings. The van der Waals surface area contributed by atoms with Crippen molar-refractivity contribution in [2.45, 2.75) is 44.2 Å². The van der Waals surface area contributed by atoms with Gasteiger partial charge >= 0.3 is 0 Å². The molecule has 0 radical (unpaired) electrons. The highest BCUT2D eigenvalue weighted by Gasteiger charge is 2.19. The SMILES string of the molecule is NC[C@H](NC(=O)c1ccc(C#CC#Cc2ccc(NC(=O)CNC3CCCCC3)cc2)cc1)C(=O)NO. The second kappa shape index (κ2) is 14.4. The quantitative estimate of drug-likeness (QED) is 0.184. The minimum Gasteiger partial charge on any atom is -0.339 e. The van der Waals surface area contributed by atoms with E-state index in [4.69, 9.17) is 10.9 Å². The van der Waals surface area contributed by atoms with Crippen LogP contribution in [0.4, 0.5) is 5.69 Å². The van der Waals surface area contributed by atoms with Crippen molar-refractivity contribution in [3.8, 4) is 23.7 Å². The molecule has 3 amide bonds. The van der Waals surface area contributed by atoms with Crippen LogP contribution in [0.15, 0.2) is 48.5 Å². The third kappa shape index (κ3) is 9.10. The van der Waals surface area contributed by atoms with Crippen molar-refractivity contribution in [1.82, 2.24) is 16.1 Å². The van der Waals surface area contributed by atoms with Crippen molar-refractivity contribution < 1.29 is 19.6 Å². The van der Waals surface area contributed by atoms with Gasteiger partial charge in [-0.25, -0.2) is 5.48 Å². The van der Waals surface area contributed by atoms with Crippen LogP contribution in [0.2, 0.25) is 0 Å². The Balaban J connectivity index is 1.47. The average Bonchev–Trinajstić information content (AvgIpc) is 2.94. The summed E-state index contributed by atoms with van der Waals surface area (Å²) in [6.45, 7) is 0.151. The van der Waals surface area contributed by atoms with E-state index < -0.39 is 17.9 Å². The molecule has 9 nitrogen and oxygen atoms in total. The number of carbonyl (C=O) groups excluding carboxylic acids is 3. The number of rotatable bonds is 8. The summed E-state index contributed by atoms with van der Waals surface area (Å²) in [5, 5.41) is 17.3. The Kier molecular flexibility index (Phi) is 10.7. The average molecular weight is 502 g/mol. The second-order valence-corrected chi connectivity index (χ2v) is 8.66. The lowest BCUT2D eigenvalue weighted by molar-refractivity contribution is -0.130. The van der Waals surface area contributed by atoms with Crippen molar-refractivity contribution in [3.05, 3.63) is 65.2 Å². The topological polar surface area (TPSA) is 146 Å². The van der Waals surface area contributed by atoms with Crippen molar-refractivity contribution in [2.75, 3.05) is 18.4 Å². The Bertz CT molecular complexity index is 1200. The Labute approximate surface area is 216 Å². The van der Waals surface area contributed by atoms with E-state index in [1.165, 1.54) is 24.7 Å². The lowest BCUT2D eigenvalue weighted by atomic mass is 9.95. The summed E-state index contributed by atoms with van der Waals surface area (Å²) in [7, 11) is 0. The summed E-state index contributed by atoms with van der Waals surface area (Å²) >= 11 is 0. The highest BCUT2D eigenvalue weighted by molar-refractivity contribution is 5.97. The Hall–Kier alpha value is -4.15. The van der Waals surface area contributed by atoms with Gasteiger partial charge in [0.05, 0.1) is 6.54 Å². The van der Waals surface area contributed by atoms with Gasteiger partial charge in [-0.3, -0.25) is 19.6 Å². The van der Waals surface area contributed by atoms with Crippen LogP contribution in [0.3, 0.4) is 0 Å². The third-order valence-electron chi connectivity index (χ3n) is 5.92. The van der Waals surface area contributed by atoms with E-state index in [1.54, 1.807) is 36.4 Å². The zero-order valence-corrected chi connectivity index (χ0v) is 20.5. The van der Waals surface area contributed by atoms with E-state index in [0.717, 1.165) is 18.4 Å². The molecule has 0 bridgehead atoms. The van der Waals surface area contributed by atoms with Gasteiger partial charge in [0.25, 0.3) is 11.8 Å². The van der Waals surface area contributed by atoms with Crippen molar-refractivity contribution >= 4 is 23.4 Å². The van der Waals surface area contributed by atoms with E-state index >= 15 is 0 Å². The van der Waals surface area contributed by atoms with Gasteiger partial charge in [-0.2, -0.15) is 0 Å². The zero-order chi connectivity index (χ0) is 26.5.